The Kier molecular flexibility index (Phi) is 4.01. The molecule has 2 aromatic heterocycles. The van der Waals surface area contributed by atoms with Crippen LogP contribution < -0.4 is 9.80 Å². The third-order valence-corrected chi connectivity index (χ3v) is 4.43. The zero-order valence-corrected chi connectivity index (χ0v) is 13.6. The predicted molar refractivity (Wildman–Crippen MR) is 89.8 cm³/mol. The fourth-order valence-electron chi connectivity index (χ4n) is 3.05. The van der Waals surface area contributed by atoms with Crippen molar-refractivity contribution in [1.29, 1.82) is 0 Å². The third-order valence-electron chi connectivity index (χ3n) is 4.43. The van der Waals surface area contributed by atoms with E-state index in [1.807, 2.05) is 12.1 Å². The summed E-state index contributed by atoms with van der Waals surface area (Å²) in [6.45, 7) is 3.58. The van der Waals surface area contributed by atoms with E-state index >= 15 is 0 Å². The molecular formula is C17H18N4O4. The highest BCUT2D eigenvalue weighted by molar-refractivity contribution is 5.91. The largest absolute Gasteiger partial charge is 0.459 e. The molecular weight excluding hydrogens is 324 g/mol. The van der Waals surface area contributed by atoms with Crippen LogP contribution in [0.2, 0.25) is 0 Å². The molecule has 2 aliphatic heterocycles. The van der Waals surface area contributed by atoms with Crippen LogP contribution in [0.5, 0.6) is 0 Å². The molecule has 0 N–H and O–H groups in total. The van der Waals surface area contributed by atoms with Crippen molar-refractivity contribution in [3.63, 3.8) is 0 Å². The van der Waals surface area contributed by atoms with Crippen LogP contribution >= 0.6 is 0 Å². The van der Waals surface area contributed by atoms with Gasteiger partial charge in [-0.1, -0.05) is 0 Å². The minimum Gasteiger partial charge on any atom is -0.459 e. The number of carbonyl (C=O) groups is 2. The molecule has 0 unspecified atom stereocenters. The maximum absolute atomic E-state index is 12.3. The van der Waals surface area contributed by atoms with Crippen molar-refractivity contribution >= 4 is 23.5 Å². The topological polar surface area (TPSA) is 79.1 Å². The lowest BCUT2D eigenvalue weighted by molar-refractivity contribution is 0.0714. The Morgan fingerprint density at radius 3 is 2.52 bits per heavy atom. The van der Waals surface area contributed by atoms with Crippen LogP contribution in [0.25, 0.3) is 0 Å². The summed E-state index contributed by atoms with van der Waals surface area (Å²) in [5.41, 5.74) is 0.734. The molecule has 0 radical (unpaired) electrons. The van der Waals surface area contributed by atoms with E-state index in [9.17, 15) is 9.59 Å². The second-order valence-electron chi connectivity index (χ2n) is 5.90. The number of anilines is 2. The molecule has 25 heavy (non-hydrogen) atoms. The molecule has 2 aliphatic rings. The first-order valence-corrected chi connectivity index (χ1v) is 8.20. The van der Waals surface area contributed by atoms with Gasteiger partial charge in [0, 0.05) is 26.2 Å². The summed E-state index contributed by atoms with van der Waals surface area (Å²) in [6, 6.07) is 7.16. The van der Waals surface area contributed by atoms with E-state index in [0.717, 1.165) is 11.5 Å². The molecule has 2 saturated heterocycles. The van der Waals surface area contributed by atoms with Crippen molar-refractivity contribution in [2.45, 2.75) is 0 Å². The van der Waals surface area contributed by atoms with E-state index in [2.05, 4.69) is 9.88 Å². The lowest BCUT2D eigenvalue weighted by atomic mass is 10.2. The van der Waals surface area contributed by atoms with Crippen molar-refractivity contribution in [2.75, 3.05) is 49.1 Å². The van der Waals surface area contributed by atoms with Gasteiger partial charge in [-0.3, -0.25) is 9.69 Å². The molecule has 0 aliphatic carbocycles. The molecule has 0 spiro atoms. The van der Waals surface area contributed by atoms with Crippen molar-refractivity contribution in [2.24, 2.45) is 0 Å². The Bertz CT molecular complexity index is 751. The SMILES string of the molecule is O=C(c1ccco1)N1CCN(c2ccc(N3CCOC3=O)cn2)CC1. The van der Waals surface area contributed by atoms with Crippen LogP contribution in [0, 0.1) is 0 Å². The van der Waals surface area contributed by atoms with E-state index in [4.69, 9.17) is 9.15 Å². The van der Waals surface area contributed by atoms with Gasteiger partial charge in [0.1, 0.15) is 12.4 Å². The number of amides is 2. The normalized spacial score (nSPS) is 17.8. The molecule has 4 heterocycles. The van der Waals surface area contributed by atoms with Crippen LogP contribution in [0.3, 0.4) is 0 Å². The van der Waals surface area contributed by atoms with Crippen molar-refractivity contribution < 1.29 is 18.7 Å². The Morgan fingerprint density at radius 2 is 1.92 bits per heavy atom. The molecule has 0 bridgehead atoms. The van der Waals surface area contributed by atoms with Crippen molar-refractivity contribution in [3.05, 3.63) is 42.5 Å². The summed E-state index contributed by atoms with van der Waals surface area (Å²) in [6.07, 6.45) is 2.85. The average molecular weight is 342 g/mol. The summed E-state index contributed by atoms with van der Waals surface area (Å²) in [5.74, 6) is 1.12. The summed E-state index contributed by atoms with van der Waals surface area (Å²) < 4.78 is 10.1. The number of ether oxygens (including phenoxy) is 1. The zero-order chi connectivity index (χ0) is 17.2. The van der Waals surface area contributed by atoms with Gasteiger partial charge in [0.2, 0.25) is 0 Å². The smallest absolute Gasteiger partial charge is 0.414 e. The highest BCUT2D eigenvalue weighted by Crippen LogP contribution is 2.21. The second kappa shape index (κ2) is 6.46. The summed E-state index contributed by atoms with van der Waals surface area (Å²) in [7, 11) is 0. The highest BCUT2D eigenvalue weighted by Gasteiger charge is 2.26. The van der Waals surface area contributed by atoms with Gasteiger partial charge in [-0.15, -0.1) is 0 Å². The summed E-state index contributed by atoms with van der Waals surface area (Å²) in [5, 5.41) is 0. The number of nitrogens with zero attached hydrogens (tertiary/aromatic N) is 4. The lowest BCUT2D eigenvalue weighted by Crippen LogP contribution is -2.49. The van der Waals surface area contributed by atoms with Crippen LogP contribution in [-0.2, 0) is 4.74 Å². The van der Waals surface area contributed by atoms with Gasteiger partial charge < -0.3 is 19.0 Å². The molecule has 8 heteroatoms. The van der Waals surface area contributed by atoms with E-state index in [-0.39, 0.29) is 12.0 Å². The predicted octanol–water partition coefficient (Wildman–Crippen LogP) is 1.59. The molecule has 0 aromatic carbocycles. The van der Waals surface area contributed by atoms with E-state index in [1.54, 1.807) is 28.1 Å². The van der Waals surface area contributed by atoms with E-state index in [1.165, 1.54) is 6.26 Å². The maximum atomic E-state index is 12.3. The standard InChI is InChI=1S/C17H18N4O4/c22-16(14-2-1-10-24-14)20-7-5-19(6-8-20)15-4-3-13(12-18-15)21-9-11-25-17(21)23/h1-4,10,12H,5-9,11H2. The Balaban J connectivity index is 1.37. The minimum atomic E-state index is -0.334. The minimum absolute atomic E-state index is 0.0829. The summed E-state index contributed by atoms with van der Waals surface area (Å²) in [4.78, 5) is 33.8. The number of hydrogen-bond donors (Lipinski definition) is 0. The second-order valence-corrected chi connectivity index (χ2v) is 5.90. The first kappa shape index (κ1) is 15.5. The molecule has 130 valence electrons. The Morgan fingerprint density at radius 1 is 1.08 bits per heavy atom. The van der Waals surface area contributed by atoms with Crippen molar-refractivity contribution in [3.8, 4) is 0 Å². The molecule has 2 aromatic rings. The van der Waals surface area contributed by atoms with Gasteiger partial charge >= 0.3 is 6.09 Å². The first-order chi connectivity index (χ1) is 12.2. The Hall–Kier alpha value is -3.03. The van der Waals surface area contributed by atoms with Crippen LogP contribution in [-0.4, -0.2) is 61.2 Å². The molecule has 4 rings (SSSR count). The first-order valence-electron chi connectivity index (χ1n) is 8.20. The quantitative estimate of drug-likeness (QED) is 0.843. The van der Waals surface area contributed by atoms with E-state index in [0.29, 0.717) is 45.1 Å². The van der Waals surface area contributed by atoms with Crippen LogP contribution in [0.15, 0.2) is 41.1 Å². The summed E-state index contributed by atoms with van der Waals surface area (Å²) >= 11 is 0. The number of pyridine rings is 1. The fraction of sp³-hybridized carbons (Fsp3) is 0.353. The molecule has 8 nitrogen and oxygen atoms in total. The number of rotatable bonds is 3. The third kappa shape index (κ3) is 3.02. The fourth-order valence-corrected chi connectivity index (χ4v) is 3.05. The van der Waals surface area contributed by atoms with Gasteiger partial charge in [-0.2, -0.15) is 0 Å². The lowest BCUT2D eigenvalue weighted by Gasteiger charge is -2.35. The molecule has 2 fully saturated rings. The highest BCUT2D eigenvalue weighted by atomic mass is 16.6. The Labute approximate surface area is 144 Å². The van der Waals surface area contributed by atoms with Gasteiger partial charge in [0.25, 0.3) is 5.91 Å². The zero-order valence-electron chi connectivity index (χ0n) is 13.6. The number of cyclic esters (lactones) is 1. The monoisotopic (exact) mass is 342 g/mol. The molecule has 0 saturated carbocycles. The van der Waals surface area contributed by atoms with Crippen LogP contribution in [0.1, 0.15) is 10.6 Å². The van der Waals surface area contributed by atoms with E-state index < -0.39 is 0 Å². The number of aromatic nitrogens is 1. The maximum Gasteiger partial charge on any atom is 0.414 e. The number of carbonyl (C=O) groups excluding carboxylic acids is 2. The average Bonchev–Trinajstić information content (AvgIpc) is 3.33. The van der Waals surface area contributed by atoms with Crippen molar-refractivity contribution in [1.82, 2.24) is 9.88 Å². The van der Waals surface area contributed by atoms with Gasteiger partial charge in [0.05, 0.1) is 24.7 Å². The number of hydrogen-bond acceptors (Lipinski definition) is 6. The van der Waals surface area contributed by atoms with Gasteiger partial charge in [-0.05, 0) is 24.3 Å². The molecule has 2 amide bonds. The van der Waals surface area contributed by atoms with Crippen LogP contribution in [0.4, 0.5) is 16.3 Å². The molecule has 0 atom stereocenters. The van der Waals surface area contributed by atoms with Gasteiger partial charge in [0.15, 0.2) is 5.76 Å². The number of piperazine rings is 1. The number of furan rings is 1. The van der Waals surface area contributed by atoms with Gasteiger partial charge in [-0.25, -0.2) is 9.78 Å².